The van der Waals surface area contributed by atoms with E-state index in [1.165, 1.54) is 0 Å². The second kappa shape index (κ2) is 5.91. The quantitative estimate of drug-likeness (QED) is 0.599. The fourth-order valence-electron chi connectivity index (χ4n) is 2.90. The summed E-state index contributed by atoms with van der Waals surface area (Å²) in [5, 5.41) is 0. The molecule has 21 heavy (non-hydrogen) atoms. The molecule has 1 aliphatic heterocycles. The van der Waals surface area contributed by atoms with Crippen molar-refractivity contribution < 1.29 is 9.59 Å². The molecule has 0 radical (unpaired) electrons. The van der Waals surface area contributed by atoms with Gasteiger partial charge >= 0.3 is 0 Å². The lowest BCUT2D eigenvalue weighted by molar-refractivity contribution is -0.119. The number of ketones is 1. The van der Waals surface area contributed by atoms with Gasteiger partial charge < -0.3 is 4.90 Å². The number of hydrogen-bond donors (Lipinski definition) is 0. The third kappa shape index (κ3) is 2.91. The molecule has 1 aromatic rings. The summed E-state index contributed by atoms with van der Waals surface area (Å²) in [5.74, 6) is 0.650. The zero-order chi connectivity index (χ0) is 15.0. The van der Waals surface area contributed by atoms with Crippen molar-refractivity contribution in [1.29, 1.82) is 0 Å². The molecule has 0 bridgehead atoms. The van der Waals surface area contributed by atoms with Crippen molar-refractivity contribution in [2.45, 2.75) is 43.9 Å². The summed E-state index contributed by atoms with van der Waals surface area (Å²) in [6.07, 6.45) is 4.75. The van der Waals surface area contributed by atoms with Crippen LogP contribution in [-0.2, 0) is 11.2 Å². The molecule has 0 saturated heterocycles. The van der Waals surface area contributed by atoms with Crippen molar-refractivity contribution >= 4 is 33.3 Å². The Morgan fingerprint density at radius 2 is 2.14 bits per heavy atom. The number of halogens is 1. The molecule has 1 saturated carbocycles. The monoisotopic (exact) mass is 349 g/mol. The average molecular weight is 350 g/mol. The van der Waals surface area contributed by atoms with Gasteiger partial charge in [-0.05, 0) is 49.4 Å². The number of carbonyl (C=O) groups is 2. The van der Waals surface area contributed by atoms with Crippen molar-refractivity contribution in [2.75, 3.05) is 11.4 Å². The Kier molecular flexibility index (Phi) is 4.16. The van der Waals surface area contributed by atoms with Crippen LogP contribution in [0.1, 0.15) is 48.5 Å². The number of fused-ring (bicyclic) bond motifs is 1. The number of benzene rings is 1. The Morgan fingerprint density at radius 1 is 1.38 bits per heavy atom. The van der Waals surface area contributed by atoms with Crippen molar-refractivity contribution in [2.24, 2.45) is 5.92 Å². The molecule has 1 aromatic carbocycles. The van der Waals surface area contributed by atoms with E-state index in [1.54, 1.807) is 0 Å². The van der Waals surface area contributed by atoms with E-state index in [-0.39, 0.29) is 22.4 Å². The van der Waals surface area contributed by atoms with Crippen LogP contribution in [0, 0.1) is 5.92 Å². The molecule has 1 aliphatic carbocycles. The molecular weight excluding hydrogens is 330 g/mol. The van der Waals surface area contributed by atoms with Crippen LogP contribution >= 0.6 is 15.9 Å². The van der Waals surface area contributed by atoms with Crippen LogP contribution in [-0.4, -0.2) is 23.1 Å². The van der Waals surface area contributed by atoms with E-state index in [0.717, 1.165) is 55.5 Å². The standard InChI is InChI=1S/C17H20BrNO2/c1-2-3-14(18)16(20)13-6-7-15-12(10-13)8-9-19(15)17(21)11-4-5-11/h6-7,10-11,14H,2-5,8-9H2,1H3. The minimum Gasteiger partial charge on any atom is -0.312 e. The van der Waals surface area contributed by atoms with Gasteiger partial charge in [-0.3, -0.25) is 9.59 Å². The van der Waals surface area contributed by atoms with Crippen molar-refractivity contribution in [3.8, 4) is 0 Å². The fourth-order valence-corrected chi connectivity index (χ4v) is 3.62. The van der Waals surface area contributed by atoms with E-state index in [4.69, 9.17) is 0 Å². The predicted octanol–water partition coefficient (Wildman–Crippen LogP) is 3.73. The largest absolute Gasteiger partial charge is 0.312 e. The van der Waals surface area contributed by atoms with Crippen LogP contribution in [0.5, 0.6) is 0 Å². The molecule has 3 rings (SSSR count). The predicted molar refractivity (Wildman–Crippen MR) is 87.2 cm³/mol. The van der Waals surface area contributed by atoms with Gasteiger partial charge in [0, 0.05) is 23.7 Å². The lowest BCUT2D eigenvalue weighted by Gasteiger charge is -2.17. The summed E-state index contributed by atoms with van der Waals surface area (Å²) in [6.45, 7) is 2.83. The Hall–Kier alpha value is -1.16. The van der Waals surface area contributed by atoms with Gasteiger partial charge in [0.05, 0.1) is 4.83 Å². The molecule has 0 spiro atoms. The van der Waals surface area contributed by atoms with Gasteiger partial charge in [0.15, 0.2) is 5.78 Å². The Morgan fingerprint density at radius 3 is 2.81 bits per heavy atom. The first-order valence-electron chi connectivity index (χ1n) is 7.74. The van der Waals surface area contributed by atoms with Gasteiger partial charge in [0.1, 0.15) is 0 Å². The number of anilines is 1. The van der Waals surface area contributed by atoms with E-state index in [1.807, 2.05) is 23.1 Å². The first-order valence-corrected chi connectivity index (χ1v) is 8.66. The molecular formula is C17H20BrNO2. The molecule has 1 fully saturated rings. The van der Waals surface area contributed by atoms with Gasteiger partial charge in [-0.25, -0.2) is 0 Å². The average Bonchev–Trinajstić information content (AvgIpc) is 3.25. The molecule has 1 heterocycles. The van der Waals surface area contributed by atoms with Gasteiger partial charge in [0.25, 0.3) is 0 Å². The van der Waals surface area contributed by atoms with Crippen molar-refractivity contribution in [3.63, 3.8) is 0 Å². The minimum absolute atomic E-state index is 0.105. The third-order valence-electron chi connectivity index (χ3n) is 4.28. The number of rotatable bonds is 5. The van der Waals surface area contributed by atoms with Crippen LogP contribution < -0.4 is 4.90 Å². The summed E-state index contributed by atoms with van der Waals surface area (Å²) < 4.78 is 0. The van der Waals surface area contributed by atoms with Crippen LogP contribution in [0.25, 0.3) is 0 Å². The van der Waals surface area contributed by atoms with Crippen LogP contribution in [0.4, 0.5) is 5.69 Å². The highest BCUT2D eigenvalue weighted by molar-refractivity contribution is 9.10. The highest BCUT2D eigenvalue weighted by atomic mass is 79.9. The molecule has 4 heteroatoms. The summed E-state index contributed by atoms with van der Waals surface area (Å²) in [7, 11) is 0. The molecule has 0 N–H and O–H groups in total. The maximum Gasteiger partial charge on any atom is 0.230 e. The zero-order valence-electron chi connectivity index (χ0n) is 12.3. The van der Waals surface area contributed by atoms with Gasteiger partial charge in [-0.1, -0.05) is 29.3 Å². The SMILES string of the molecule is CCCC(Br)C(=O)c1ccc2c(c1)CCN2C(=O)C1CC1. The maximum absolute atomic E-state index is 12.3. The van der Waals surface area contributed by atoms with Gasteiger partial charge in [-0.2, -0.15) is 0 Å². The van der Waals surface area contributed by atoms with E-state index >= 15 is 0 Å². The second-order valence-electron chi connectivity index (χ2n) is 5.98. The molecule has 1 amide bonds. The number of carbonyl (C=O) groups excluding carboxylic acids is 2. The lowest BCUT2D eigenvalue weighted by Crippen LogP contribution is -2.30. The maximum atomic E-state index is 12.3. The van der Waals surface area contributed by atoms with E-state index in [0.29, 0.717) is 0 Å². The highest BCUT2D eigenvalue weighted by Gasteiger charge is 2.36. The topological polar surface area (TPSA) is 37.4 Å². The summed E-state index contributed by atoms with van der Waals surface area (Å²) in [4.78, 5) is 26.4. The smallest absolute Gasteiger partial charge is 0.230 e. The molecule has 2 aliphatic rings. The van der Waals surface area contributed by atoms with Crippen LogP contribution in [0.2, 0.25) is 0 Å². The Labute approximate surface area is 133 Å². The number of amides is 1. The number of alkyl halides is 1. The number of nitrogens with zero attached hydrogens (tertiary/aromatic N) is 1. The van der Waals surface area contributed by atoms with Crippen LogP contribution in [0.3, 0.4) is 0 Å². The lowest BCUT2D eigenvalue weighted by atomic mass is 10.0. The van der Waals surface area contributed by atoms with E-state index in [9.17, 15) is 9.59 Å². The van der Waals surface area contributed by atoms with Crippen molar-refractivity contribution in [3.05, 3.63) is 29.3 Å². The van der Waals surface area contributed by atoms with Crippen molar-refractivity contribution in [1.82, 2.24) is 0 Å². The van der Waals surface area contributed by atoms with Crippen LogP contribution in [0.15, 0.2) is 18.2 Å². The number of Topliss-reactive ketones (excluding diaryl/α,β-unsaturated/α-hetero) is 1. The van der Waals surface area contributed by atoms with E-state index < -0.39 is 0 Å². The Balaban J connectivity index is 1.80. The van der Waals surface area contributed by atoms with E-state index in [2.05, 4.69) is 22.9 Å². The second-order valence-corrected chi connectivity index (χ2v) is 7.08. The minimum atomic E-state index is -0.105. The normalized spacial score (nSPS) is 18.5. The fraction of sp³-hybridized carbons (Fsp3) is 0.529. The Bertz CT molecular complexity index is 580. The van der Waals surface area contributed by atoms with Gasteiger partial charge in [0.2, 0.25) is 5.91 Å². The summed E-state index contributed by atoms with van der Waals surface area (Å²) >= 11 is 3.47. The summed E-state index contributed by atoms with van der Waals surface area (Å²) in [5.41, 5.74) is 2.89. The number of hydrogen-bond acceptors (Lipinski definition) is 2. The molecule has 1 atom stereocenters. The van der Waals surface area contributed by atoms with Gasteiger partial charge in [-0.15, -0.1) is 0 Å². The molecule has 3 nitrogen and oxygen atoms in total. The zero-order valence-corrected chi connectivity index (χ0v) is 13.9. The molecule has 1 unspecified atom stereocenters. The third-order valence-corrected chi connectivity index (χ3v) is 5.15. The summed E-state index contributed by atoms with van der Waals surface area (Å²) in [6, 6.07) is 5.78. The molecule has 112 valence electrons. The molecule has 0 aromatic heterocycles. The highest BCUT2D eigenvalue weighted by Crippen LogP contribution is 2.37. The first-order chi connectivity index (χ1) is 10.1. The first kappa shape index (κ1) is 14.8.